The Morgan fingerprint density at radius 3 is 2.80 bits per heavy atom. The van der Waals surface area contributed by atoms with Crippen molar-refractivity contribution in [2.24, 2.45) is 0 Å². The molecule has 82 valence electrons. The van der Waals surface area contributed by atoms with Crippen LogP contribution >= 0.6 is 11.6 Å². The number of aromatic nitrogens is 1. The molecule has 1 aromatic heterocycles. The number of hydrogen-bond acceptors (Lipinski definition) is 3. The molecule has 0 unspecified atom stereocenters. The van der Waals surface area contributed by atoms with Gasteiger partial charge in [-0.25, -0.2) is 4.98 Å². The first-order valence-electron chi connectivity index (χ1n) is 5.18. The van der Waals surface area contributed by atoms with E-state index in [1.807, 2.05) is 12.1 Å². The standard InChI is InChI=1S/C11H15ClN2O/c1-15-10-4-5-11(13-8-10)14(7-6-12)9-2-3-9/h4-5,8-9H,2-3,6-7H2,1H3. The third kappa shape index (κ3) is 2.53. The van der Waals surface area contributed by atoms with Gasteiger partial charge in [0.05, 0.1) is 13.3 Å². The third-order valence-corrected chi connectivity index (χ3v) is 2.73. The fourth-order valence-corrected chi connectivity index (χ4v) is 1.81. The molecule has 1 saturated carbocycles. The zero-order valence-corrected chi connectivity index (χ0v) is 9.57. The summed E-state index contributed by atoms with van der Waals surface area (Å²) in [7, 11) is 1.65. The Balaban J connectivity index is 2.10. The highest BCUT2D eigenvalue weighted by atomic mass is 35.5. The molecule has 0 radical (unpaired) electrons. The summed E-state index contributed by atoms with van der Waals surface area (Å²) >= 11 is 5.78. The second-order valence-electron chi connectivity index (χ2n) is 3.67. The summed E-state index contributed by atoms with van der Waals surface area (Å²) in [5.74, 6) is 2.43. The molecule has 1 aliphatic carbocycles. The number of ether oxygens (including phenoxy) is 1. The second-order valence-corrected chi connectivity index (χ2v) is 4.05. The molecular formula is C11H15ClN2O. The zero-order chi connectivity index (χ0) is 10.7. The molecule has 0 aliphatic heterocycles. The average Bonchev–Trinajstić information content (AvgIpc) is 3.10. The van der Waals surface area contributed by atoms with Crippen LogP contribution in [-0.4, -0.2) is 30.6 Å². The van der Waals surface area contributed by atoms with E-state index in [1.165, 1.54) is 12.8 Å². The minimum atomic E-state index is 0.643. The van der Waals surface area contributed by atoms with Crippen LogP contribution in [0, 0.1) is 0 Å². The molecule has 2 rings (SSSR count). The van der Waals surface area contributed by atoms with Gasteiger partial charge in [0.2, 0.25) is 0 Å². The molecule has 1 aliphatic rings. The van der Waals surface area contributed by atoms with Crippen molar-refractivity contribution in [3.8, 4) is 5.75 Å². The van der Waals surface area contributed by atoms with E-state index in [0.717, 1.165) is 18.1 Å². The first-order chi connectivity index (χ1) is 7.35. The molecule has 0 bridgehead atoms. The van der Waals surface area contributed by atoms with Gasteiger partial charge in [0.15, 0.2) is 0 Å². The lowest BCUT2D eigenvalue weighted by Gasteiger charge is -2.22. The summed E-state index contributed by atoms with van der Waals surface area (Å²) in [5.41, 5.74) is 0. The molecule has 0 saturated heterocycles. The average molecular weight is 227 g/mol. The first kappa shape index (κ1) is 10.6. The number of methoxy groups -OCH3 is 1. The van der Waals surface area contributed by atoms with E-state index in [1.54, 1.807) is 13.3 Å². The van der Waals surface area contributed by atoms with E-state index >= 15 is 0 Å². The van der Waals surface area contributed by atoms with E-state index < -0.39 is 0 Å². The Kier molecular flexibility index (Phi) is 3.31. The van der Waals surface area contributed by atoms with Crippen LogP contribution in [0.2, 0.25) is 0 Å². The lowest BCUT2D eigenvalue weighted by molar-refractivity contribution is 0.413. The van der Waals surface area contributed by atoms with E-state index in [-0.39, 0.29) is 0 Å². The molecule has 3 nitrogen and oxygen atoms in total. The monoisotopic (exact) mass is 226 g/mol. The van der Waals surface area contributed by atoms with Crippen molar-refractivity contribution in [3.05, 3.63) is 18.3 Å². The zero-order valence-electron chi connectivity index (χ0n) is 8.82. The molecule has 0 N–H and O–H groups in total. The van der Waals surface area contributed by atoms with Crippen LogP contribution in [-0.2, 0) is 0 Å². The van der Waals surface area contributed by atoms with Crippen LogP contribution in [0.3, 0.4) is 0 Å². The third-order valence-electron chi connectivity index (χ3n) is 2.56. The SMILES string of the molecule is COc1ccc(N(CCCl)C2CC2)nc1. The minimum Gasteiger partial charge on any atom is -0.495 e. The number of hydrogen-bond donors (Lipinski definition) is 0. The lowest BCUT2D eigenvalue weighted by atomic mass is 10.4. The maximum absolute atomic E-state index is 5.78. The molecule has 0 amide bonds. The van der Waals surface area contributed by atoms with Crippen LogP contribution in [0.25, 0.3) is 0 Å². The normalized spacial score (nSPS) is 15.1. The topological polar surface area (TPSA) is 25.4 Å². The van der Waals surface area contributed by atoms with Gasteiger partial charge in [-0.1, -0.05) is 0 Å². The quantitative estimate of drug-likeness (QED) is 0.721. The van der Waals surface area contributed by atoms with Crippen molar-refractivity contribution in [3.63, 3.8) is 0 Å². The second kappa shape index (κ2) is 4.71. The van der Waals surface area contributed by atoms with E-state index in [9.17, 15) is 0 Å². The maximum atomic E-state index is 5.78. The Morgan fingerprint density at radius 2 is 2.33 bits per heavy atom. The molecular weight excluding hydrogens is 212 g/mol. The van der Waals surface area contributed by atoms with Crippen molar-refractivity contribution < 1.29 is 4.74 Å². The number of anilines is 1. The van der Waals surface area contributed by atoms with Crippen LogP contribution < -0.4 is 9.64 Å². The number of alkyl halides is 1. The van der Waals surface area contributed by atoms with E-state index in [4.69, 9.17) is 16.3 Å². The van der Waals surface area contributed by atoms with Gasteiger partial charge in [-0.05, 0) is 25.0 Å². The number of rotatable bonds is 5. The largest absolute Gasteiger partial charge is 0.495 e. The number of nitrogens with zero attached hydrogens (tertiary/aromatic N) is 2. The van der Waals surface area contributed by atoms with Crippen LogP contribution in [0.1, 0.15) is 12.8 Å². The lowest BCUT2D eigenvalue weighted by Crippen LogP contribution is -2.28. The van der Waals surface area contributed by atoms with E-state index in [2.05, 4.69) is 9.88 Å². The van der Waals surface area contributed by atoms with Gasteiger partial charge in [-0.2, -0.15) is 0 Å². The maximum Gasteiger partial charge on any atom is 0.137 e. The Morgan fingerprint density at radius 1 is 1.53 bits per heavy atom. The molecule has 0 aromatic carbocycles. The molecule has 4 heteroatoms. The Bertz CT molecular complexity index is 311. The van der Waals surface area contributed by atoms with Gasteiger partial charge < -0.3 is 9.64 Å². The summed E-state index contributed by atoms with van der Waals surface area (Å²) < 4.78 is 5.08. The summed E-state index contributed by atoms with van der Waals surface area (Å²) in [5, 5.41) is 0. The molecule has 0 atom stereocenters. The summed E-state index contributed by atoms with van der Waals surface area (Å²) in [6.07, 6.45) is 4.26. The van der Waals surface area contributed by atoms with Crippen molar-refractivity contribution in [2.45, 2.75) is 18.9 Å². The predicted octanol–water partition coefficient (Wildman–Crippen LogP) is 2.30. The highest BCUT2D eigenvalue weighted by Crippen LogP contribution is 2.30. The number of pyridine rings is 1. The summed E-state index contributed by atoms with van der Waals surface area (Å²) in [6.45, 7) is 0.867. The van der Waals surface area contributed by atoms with Gasteiger partial charge in [0.25, 0.3) is 0 Å². The van der Waals surface area contributed by atoms with Gasteiger partial charge in [0, 0.05) is 18.5 Å². The number of halogens is 1. The molecule has 1 heterocycles. The fraction of sp³-hybridized carbons (Fsp3) is 0.545. The Hall–Kier alpha value is -0.960. The summed E-state index contributed by atoms with van der Waals surface area (Å²) in [6, 6.07) is 4.57. The van der Waals surface area contributed by atoms with Gasteiger partial charge >= 0.3 is 0 Å². The van der Waals surface area contributed by atoms with Crippen LogP contribution in [0.4, 0.5) is 5.82 Å². The predicted molar refractivity (Wildman–Crippen MR) is 61.9 cm³/mol. The molecule has 1 aromatic rings. The highest BCUT2D eigenvalue weighted by molar-refractivity contribution is 6.18. The smallest absolute Gasteiger partial charge is 0.137 e. The Labute approximate surface area is 95.0 Å². The van der Waals surface area contributed by atoms with Crippen molar-refractivity contribution in [2.75, 3.05) is 24.4 Å². The van der Waals surface area contributed by atoms with Crippen molar-refractivity contribution in [1.82, 2.24) is 4.98 Å². The van der Waals surface area contributed by atoms with E-state index in [0.29, 0.717) is 11.9 Å². The fourth-order valence-electron chi connectivity index (χ4n) is 1.62. The minimum absolute atomic E-state index is 0.643. The summed E-state index contributed by atoms with van der Waals surface area (Å²) in [4.78, 5) is 6.64. The molecule has 1 fully saturated rings. The molecule has 0 spiro atoms. The van der Waals surface area contributed by atoms with Crippen molar-refractivity contribution in [1.29, 1.82) is 0 Å². The van der Waals surface area contributed by atoms with Gasteiger partial charge in [-0.3, -0.25) is 0 Å². The van der Waals surface area contributed by atoms with Gasteiger partial charge in [-0.15, -0.1) is 11.6 Å². The van der Waals surface area contributed by atoms with Gasteiger partial charge in [0.1, 0.15) is 11.6 Å². The van der Waals surface area contributed by atoms with Crippen LogP contribution in [0.15, 0.2) is 18.3 Å². The molecule has 15 heavy (non-hydrogen) atoms. The first-order valence-corrected chi connectivity index (χ1v) is 5.71. The van der Waals surface area contributed by atoms with Crippen molar-refractivity contribution >= 4 is 17.4 Å². The van der Waals surface area contributed by atoms with Crippen LogP contribution in [0.5, 0.6) is 5.75 Å². The highest BCUT2D eigenvalue weighted by Gasteiger charge is 2.29.